The van der Waals surface area contributed by atoms with Crippen LogP contribution in [0.5, 0.6) is 0 Å². The minimum Gasteiger partial charge on any atom is -0.389 e. The first kappa shape index (κ1) is 17.5. The molecule has 116 valence electrons. The van der Waals surface area contributed by atoms with Crippen LogP contribution in [0.2, 0.25) is 0 Å². The third-order valence-electron chi connectivity index (χ3n) is 2.96. The number of nitrogens with zero attached hydrogens (tertiary/aromatic N) is 1. The van der Waals surface area contributed by atoms with Gasteiger partial charge in [-0.15, -0.1) is 11.3 Å². The normalized spacial score (nSPS) is 12.8. The van der Waals surface area contributed by atoms with Crippen LogP contribution in [0.25, 0.3) is 0 Å². The molecule has 0 aliphatic rings. The summed E-state index contributed by atoms with van der Waals surface area (Å²) >= 11 is 1.66. The van der Waals surface area contributed by atoms with Crippen LogP contribution >= 0.6 is 11.3 Å². The van der Waals surface area contributed by atoms with E-state index in [1.807, 2.05) is 12.4 Å². The highest BCUT2D eigenvalue weighted by atomic mass is 32.1. The molecule has 0 fully saturated rings. The van der Waals surface area contributed by atoms with Crippen LogP contribution < -0.4 is 5.32 Å². The number of aliphatic hydroxyl groups excluding tert-OH is 1. The third-order valence-corrected chi connectivity index (χ3v) is 3.96. The quantitative estimate of drug-likeness (QED) is 0.571. The molecular weight excluding hydrogens is 276 g/mol. The summed E-state index contributed by atoms with van der Waals surface area (Å²) in [5, 5.41) is 13.0. The van der Waals surface area contributed by atoms with Gasteiger partial charge < -0.3 is 19.9 Å². The van der Waals surface area contributed by atoms with Crippen LogP contribution in [-0.2, 0) is 15.9 Å². The lowest BCUT2D eigenvalue weighted by atomic mass is 10.3. The van der Waals surface area contributed by atoms with Gasteiger partial charge in [-0.3, -0.25) is 0 Å². The number of thiazole rings is 1. The van der Waals surface area contributed by atoms with Crippen molar-refractivity contribution in [1.82, 2.24) is 10.3 Å². The van der Waals surface area contributed by atoms with Gasteiger partial charge in [0.05, 0.1) is 30.5 Å². The Balaban J connectivity index is 1.92. The second-order valence-corrected chi connectivity index (χ2v) is 5.68. The number of nitrogens with one attached hydrogen (secondary N) is 1. The Morgan fingerprint density at radius 1 is 1.40 bits per heavy atom. The highest BCUT2D eigenvalue weighted by molar-refractivity contribution is 7.09. The maximum Gasteiger partial charge on any atom is 0.0897 e. The molecule has 1 heterocycles. The predicted octanol–water partition coefficient (Wildman–Crippen LogP) is 1.39. The number of aromatic nitrogens is 1. The van der Waals surface area contributed by atoms with Gasteiger partial charge in [0.25, 0.3) is 0 Å². The predicted molar refractivity (Wildman–Crippen MR) is 81.4 cm³/mol. The highest BCUT2D eigenvalue weighted by Crippen LogP contribution is 2.12. The van der Waals surface area contributed by atoms with Crippen LogP contribution in [0.4, 0.5) is 0 Å². The molecule has 1 atom stereocenters. The Bertz CT molecular complexity index is 347. The van der Waals surface area contributed by atoms with E-state index in [1.165, 1.54) is 4.88 Å². The van der Waals surface area contributed by atoms with Gasteiger partial charge in [0.1, 0.15) is 0 Å². The SMILES string of the molecule is COCCCCNCC(O)COCCc1scnc1C. The zero-order chi connectivity index (χ0) is 14.6. The van der Waals surface area contributed by atoms with Gasteiger partial charge in [0.2, 0.25) is 0 Å². The van der Waals surface area contributed by atoms with E-state index in [9.17, 15) is 5.11 Å². The van der Waals surface area contributed by atoms with Crippen molar-refractivity contribution in [3.63, 3.8) is 0 Å². The monoisotopic (exact) mass is 302 g/mol. The molecule has 0 saturated carbocycles. The second kappa shape index (κ2) is 11.2. The largest absolute Gasteiger partial charge is 0.389 e. The molecule has 1 rings (SSSR count). The number of hydrogen-bond donors (Lipinski definition) is 2. The van der Waals surface area contributed by atoms with Gasteiger partial charge in [-0.2, -0.15) is 0 Å². The molecule has 1 aromatic rings. The summed E-state index contributed by atoms with van der Waals surface area (Å²) in [4.78, 5) is 5.46. The fourth-order valence-corrected chi connectivity index (χ4v) is 2.54. The minimum absolute atomic E-state index is 0.378. The topological polar surface area (TPSA) is 63.6 Å². The number of hydrogen-bond acceptors (Lipinski definition) is 6. The van der Waals surface area contributed by atoms with Gasteiger partial charge in [0, 0.05) is 31.6 Å². The summed E-state index contributed by atoms with van der Waals surface area (Å²) in [7, 11) is 1.71. The summed E-state index contributed by atoms with van der Waals surface area (Å²) < 4.78 is 10.5. The minimum atomic E-state index is -0.444. The molecule has 1 aromatic heterocycles. The van der Waals surface area contributed by atoms with Crippen molar-refractivity contribution in [2.24, 2.45) is 0 Å². The number of ether oxygens (including phenoxy) is 2. The first-order chi connectivity index (χ1) is 9.74. The summed E-state index contributed by atoms with van der Waals surface area (Å²) in [6.45, 7) is 5.29. The van der Waals surface area contributed by atoms with Gasteiger partial charge in [0.15, 0.2) is 0 Å². The van der Waals surface area contributed by atoms with Crippen LogP contribution in [-0.4, -0.2) is 56.2 Å². The van der Waals surface area contributed by atoms with Crippen LogP contribution in [0.3, 0.4) is 0 Å². The molecule has 0 aromatic carbocycles. The molecule has 0 amide bonds. The van der Waals surface area contributed by atoms with Gasteiger partial charge in [-0.1, -0.05) is 0 Å². The molecule has 1 unspecified atom stereocenters. The van der Waals surface area contributed by atoms with Crippen molar-refractivity contribution >= 4 is 11.3 Å². The zero-order valence-corrected chi connectivity index (χ0v) is 13.2. The molecule has 6 heteroatoms. The third kappa shape index (κ3) is 7.91. The number of aryl methyl sites for hydroxylation is 1. The molecule has 0 aliphatic carbocycles. The lowest BCUT2D eigenvalue weighted by Crippen LogP contribution is -2.31. The fourth-order valence-electron chi connectivity index (χ4n) is 1.77. The van der Waals surface area contributed by atoms with E-state index < -0.39 is 6.10 Å². The van der Waals surface area contributed by atoms with Crippen molar-refractivity contribution in [2.75, 3.05) is 40.0 Å². The molecule has 0 saturated heterocycles. The van der Waals surface area contributed by atoms with E-state index in [0.29, 0.717) is 19.8 Å². The summed E-state index contributed by atoms with van der Waals surface area (Å²) in [6, 6.07) is 0. The Morgan fingerprint density at radius 2 is 2.25 bits per heavy atom. The van der Waals surface area contributed by atoms with E-state index in [1.54, 1.807) is 18.4 Å². The number of rotatable bonds is 12. The van der Waals surface area contributed by atoms with E-state index in [0.717, 1.165) is 38.1 Å². The molecule has 5 nitrogen and oxygen atoms in total. The zero-order valence-electron chi connectivity index (χ0n) is 12.4. The first-order valence-corrected chi connectivity index (χ1v) is 7.96. The van der Waals surface area contributed by atoms with Gasteiger partial charge in [-0.25, -0.2) is 4.98 Å². The maximum atomic E-state index is 9.74. The Labute approximate surface area is 125 Å². The average Bonchev–Trinajstić information content (AvgIpc) is 2.84. The molecule has 0 spiro atoms. The van der Waals surface area contributed by atoms with E-state index in [2.05, 4.69) is 10.3 Å². The molecule has 0 bridgehead atoms. The van der Waals surface area contributed by atoms with Crippen molar-refractivity contribution < 1.29 is 14.6 Å². The van der Waals surface area contributed by atoms with E-state index >= 15 is 0 Å². The van der Waals surface area contributed by atoms with Crippen molar-refractivity contribution in [1.29, 1.82) is 0 Å². The molecule has 2 N–H and O–H groups in total. The van der Waals surface area contributed by atoms with Crippen LogP contribution in [0, 0.1) is 6.92 Å². The average molecular weight is 302 g/mol. The van der Waals surface area contributed by atoms with Gasteiger partial charge in [-0.05, 0) is 26.3 Å². The van der Waals surface area contributed by atoms with Crippen molar-refractivity contribution in [2.45, 2.75) is 32.3 Å². The summed E-state index contributed by atoms with van der Waals surface area (Å²) in [5.41, 5.74) is 2.93. The Hall–Kier alpha value is -0.530. The summed E-state index contributed by atoms with van der Waals surface area (Å²) in [5.74, 6) is 0. The van der Waals surface area contributed by atoms with Crippen molar-refractivity contribution in [3.05, 3.63) is 16.1 Å². The second-order valence-electron chi connectivity index (χ2n) is 4.74. The highest BCUT2D eigenvalue weighted by Gasteiger charge is 2.05. The lowest BCUT2D eigenvalue weighted by molar-refractivity contribution is 0.0385. The summed E-state index contributed by atoms with van der Waals surface area (Å²) in [6.07, 6.45) is 2.53. The molecule has 0 aliphatic heterocycles. The van der Waals surface area contributed by atoms with Gasteiger partial charge >= 0.3 is 0 Å². The number of aliphatic hydroxyl groups is 1. The smallest absolute Gasteiger partial charge is 0.0897 e. The Morgan fingerprint density at radius 3 is 2.95 bits per heavy atom. The fraction of sp³-hybridized carbons (Fsp3) is 0.786. The molecule has 0 radical (unpaired) electrons. The number of methoxy groups -OCH3 is 1. The van der Waals surface area contributed by atoms with E-state index in [4.69, 9.17) is 9.47 Å². The lowest BCUT2D eigenvalue weighted by Gasteiger charge is -2.12. The number of unbranched alkanes of at least 4 members (excludes halogenated alkanes) is 1. The van der Waals surface area contributed by atoms with Crippen molar-refractivity contribution in [3.8, 4) is 0 Å². The Kier molecular flexibility index (Phi) is 9.78. The van der Waals surface area contributed by atoms with E-state index in [-0.39, 0.29) is 0 Å². The first-order valence-electron chi connectivity index (χ1n) is 7.08. The standard InChI is InChI=1S/C14H26N2O3S/c1-12-14(20-11-16-12)5-8-19-10-13(17)9-15-6-3-4-7-18-2/h11,13,15,17H,3-10H2,1-2H3. The van der Waals surface area contributed by atoms with Crippen LogP contribution in [0.15, 0.2) is 5.51 Å². The maximum absolute atomic E-state index is 9.74. The molecular formula is C14H26N2O3S. The molecule has 20 heavy (non-hydrogen) atoms. The van der Waals surface area contributed by atoms with Crippen LogP contribution in [0.1, 0.15) is 23.4 Å².